The van der Waals surface area contributed by atoms with E-state index in [1.165, 1.54) is 12.1 Å². The first-order valence-electron chi connectivity index (χ1n) is 10.3. The third kappa shape index (κ3) is 6.54. The van der Waals surface area contributed by atoms with Crippen LogP contribution in [0.15, 0.2) is 77.4 Å². The maximum absolute atomic E-state index is 13.3. The monoisotopic (exact) mass is 422 g/mol. The van der Waals surface area contributed by atoms with Gasteiger partial charge in [-0.2, -0.15) is 0 Å². The molecule has 0 aliphatic rings. The summed E-state index contributed by atoms with van der Waals surface area (Å²) in [6, 6.07) is 18.6. The third-order valence-electron chi connectivity index (χ3n) is 4.79. The van der Waals surface area contributed by atoms with Crippen LogP contribution >= 0.6 is 0 Å². The fourth-order valence-corrected chi connectivity index (χ4v) is 3.32. The number of hydrogen-bond acceptors (Lipinski definition) is 3. The highest BCUT2D eigenvalue weighted by molar-refractivity contribution is 5.96. The molecule has 0 spiro atoms. The zero-order valence-corrected chi connectivity index (χ0v) is 17.8. The van der Waals surface area contributed by atoms with E-state index in [1.807, 2.05) is 19.9 Å². The van der Waals surface area contributed by atoms with Crippen LogP contribution in [-0.4, -0.2) is 34.7 Å². The number of nitrogens with zero attached hydrogens (tertiary/aromatic N) is 2. The number of halogens is 1. The van der Waals surface area contributed by atoms with Crippen molar-refractivity contribution in [3.05, 3.63) is 95.7 Å². The zero-order valence-electron chi connectivity index (χ0n) is 17.8. The van der Waals surface area contributed by atoms with Crippen molar-refractivity contribution >= 4 is 11.8 Å². The van der Waals surface area contributed by atoms with Crippen molar-refractivity contribution in [2.75, 3.05) is 13.1 Å². The van der Waals surface area contributed by atoms with Gasteiger partial charge in [0.2, 0.25) is 5.91 Å². The largest absolute Gasteiger partial charge is 0.467 e. The molecule has 0 radical (unpaired) electrons. The smallest absolute Gasteiger partial charge is 0.254 e. The highest BCUT2D eigenvalue weighted by Gasteiger charge is 2.24. The minimum absolute atomic E-state index is 0.0478. The van der Waals surface area contributed by atoms with E-state index >= 15 is 0 Å². The Kier molecular flexibility index (Phi) is 7.60. The van der Waals surface area contributed by atoms with Gasteiger partial charge in [0, 0.05) is 18.7 Å². The number of carbonyl (C=O) groups is 2. The molecule has 0 aliphatic heterocycles. The van der Waals surface area contributed by atoms with E-state index in [4.69, 9.17) is 4.42 Å². The summed E-state index contributed by atoms with van der Waals surface area (Å²) in [7, 11) is 0. The molecular formula is C25H27FN2O3. The van der Waals surface area contributed by atoms with Crippen LogP contribution < -0.4 is 0 Å². The predicted molar refractivity (Wildman–Crippen MR) is 117 cm³/mol. The van der Waals surface area contributed by atoms with Crippen LogP contribution in [0, 0.1) is 11.7 Å². The maximum Gasteiger partial charge on any atom is 0.254 e. The molecule has 0 saturated heterocycles. The molecule has 0 unspecified atom stereocenters. The van der Waals surface area contributed by atoms with Crippen LogP contribution in [0.1, 0.15) is 35.5 Å². The van der Waals surface area contributed by atoms with Crippen molar-refractivity contribution in [3.63, 3.8) is 0 Å². The first kappa shape index (κ1) is 22.3. The van der Waals surface area contributed by atoms with Gasteiger partial charge in [-0.15, -0.1) is 0 Å². The van der Waals surface area contributed by atoms with Gasteiger partial charge in [-0.25, -0.2) is 4.39 Å². The molecule has 0 bridgehead atoms. The lowest BCUT2D eigenvalue weighted by Gasteiger charge is -2.28. The molecule has 3 rings (SSSR count). The Morgan fingerprint density at radius 3 is 2.23 bits per heavy atom. The van der Waals surface area contributed by atoms with Gasteiger partial charge in [0.15, 0.2) is 0 Å². The second-order valence-corrected chi connectivity index (χ2v) is 7.90. The summed E-state index contributed by atoms with van der Waals surface area (Å²) >= 11 is 0. The molecule has 0 fully saturated rings. The number of carbonyl (C=O) groups excluding carboxylic acids is 2. The Balaban J connectivity index is 1.79. The van der Waals surface area contributed by atoms with Crippen molar-refractivity contribution in [3.8, 4) is 0 Å². The summed E-state index contributed by atoms with van der Waals surface area (Å²) in [5, 5.41) is 0. The molecule has 6 heteroatoms. The Labute approximate surface area is 182 Å². The number of furan rings is 1. The van der Waals surface area contributed by atoms with E-state index in [0.29, 0.717) is 17.9 Å². The molecule has 1 heterocycles. The normalized spacial score (nSPS) is 10.8. The standard InChI is InChI=1S/C25H27FN2O3/c1-19(2)15-28(25(30)21-7-4-3-5-8-21)18-24(29)27(17-23-9-6-14-31-23)16-20-10-12-22(26)13-11-20/h3-14,19H,15-18H2,1-2H3. The van der Waals surface area contributed by atoms with E-state index in [2.05, 4.69) is 0 Å². The molecule has 2 amide bonds. The van der Waals surface area contributed by atoms with Crippen LogP contribution in [0.3, 0.4) is 0 Å². The number of rotatable bonds is 9. The van der Waals surface area contributed by atoms with E-state index in [0.717, 1.165) is 5.56 Å². The summed E-state index contributed by atoms with van der Waals surface area (Å²) in [6.07, 6.45) is 1.56. The molecule has 0 atom stereocenters. The topological polar surface area (TPSA) is 53.8 Å². The Hall–Kier alpha value is -3.41. The van der Waals surface area contributed by atoms with Gasteiger partial charge in [0.05, 0.1) is 12.8 Å². The van der Waals surface area contributed by atoms with Gasteiger partial charge in [-0.05, 0) is 47.9 Å². The first-order chi connectivity index (χ1) is 14.9. The molecule has 3 aromatic rings. The minimum atomic E-state index is -0.329. The van der Waals surface area contributed by atoms with Gasteiger partial charge in [-0.1, -0.05) is 44.2 Å². The SMILES string of the molecule is CC(C)CN(CC(=O)N(Cc1ccc(F)cc1)Cc1ccco1)C(=O)c1ccccc1. The molecule has 31 heavy (non-hydrogen) atoms. The van der Waals surface area contributed by atoms with E-state index in [1.54, 1.807) is 64.6 Å². The van der Waals surface area contributed by atoms with Crippen molar-refractivity contribution in [2.45, 2.75) is 26.9 Å². The van der Waals surface area contributed by atoms with E-state index in [9.17, 15) is 14.0 Å². The fraction of sp³-hybridized carbons (Fsp3) is 0.280. The van der Waals surface area contributed by atoms with Crippen LogP contribution in [0.4, 0.5) is 4.39 Å². The van der Waals surface area contributed by atoms with Gasteiger partial charge in [0.1, 0.15) is 18.1 Å². The highest BCUT2D eigenvalue weighted by Crippen LogP contribution is 2.14. The van der Waals surface area contributed by atoms with Gasteiger partial charge in [-0.3, -0.25) is 9.59 Å². The van der Waals surface area contributed by atoms with Gasteiger partial charge in [0.25, 0.3) is 5.91 Å². The summed E-state index contributed by atoms with van der Waals surface area (Å²) in [5.41, 5.74) is 1.35. The van der Waals surface area contributed by atoms with E-state index in [-0.39, 0.29) is 43.2 Å². The molecule has 1 aromatic heterocycles. The second-order valence-electron chi connectivity index (χ2n) is 7.90. The summed E-state index contributed by atoms with van der Waals surface area (Å²) in [5.74, 6) is 0.133. The second kappa shape index (κ2) is 10.6. The van der Waals surface area contributed by atoms with Gasteiger partial charge < -0.3 is 14.2 Å². The zero-order chi connectivity index (χ0) is 22.2. The maximum atomic E-state index is 13.3. The Morgan fingerprint density at radius 1 is 0.903 bits per heavy atom. The summed E-state index contributed by atoms with van der Waals surface area (Å²) < 4.78 is 18.7. The van der Waals surface area contributed by atoms with Crippen molar-refractivity contribution in [2.24, 2.45) is 5.92 Å². The lowest BCUT2D eigenvalue weighted by Crippen LogP contribution is -2.43. The highest BCUT2D eigenvalue weighted by atomic mass is 19.1. The van der Waals surface area contributed by atoms with Crippen molar-refractivity contribution in [1.82, 2.24) is 9.80 Å². The Bertz CT molecular complexity index is 970. The van der Waals surface area contributed by atoms with Crippen molar-refractivity contribution in [1.29, 1.82) is 0 Å². The lowest BCUT2D eigenvalue weighted by atomic mass is 10.1. The summed E-state index contributed by atoms with van der Waals surface area (Å²) in [4.78, 5) is 29.5. The molecule has 0 saturated carbocycles. The first-order valence-corrected chi connectivity index (χ1v) is 10.3. The number of benzene rings is 2. The lowest BCUT2D eigenvalue weighted by molar-refractivity contribution is -0.133. The van der Waals surface area contributed by atoms with Crippen LogP contribution in [0.25, 0.3) is 0 Å². The molecule has 0 aliphatic carbocycles. The fourth-order valence-electron chi connectivity index (χ4n) is 3.32. The van der Waals surface area contributed by atoms with Crippen LogP contribution in [0.2, 0.25) is 0 Å². The average Bonchev–Trinajstić information content (AvgIpc) is 3.27. The van der Waals surface area contributed by atoms with Gasteiger partial charge >= 0.3 is 0 Å². The molecule has 5 nitrogen and oxygen atoms in total. The molecule has 0 N–H and O–H groups in total. The van der Waals surface area contributed by atoms with Crippen LogP contribution in [0.5, 0.6) is 0 Å². The van der Waals surface area contributed by atoms with E-state index < -0.39 is 0 Å². The molecule has 162 valence electrons. The molecule has 2 aromatic carbocycles. The molecular weight excluding hydrogens is 395 g/mol. The van der Waals surface area contributed by atoms with Crippen molar-refractivity contribution < 1.29 is 18.4 Å². The third-order valence-corrected chi connectivity index (χ3v) is 4.79. The quantitative estimate of drug-likeness (QED) is 0.500. The predicted octanol–water partition coefficient (Wildman–Crippen LogP) is 4.75. The number of amides is 2. The number of hydrogen-bond donors (Lipinski definition) is 0. The minimum Gasteiger partial charge on any atom is -0.467 e. The average molecular weight is 423 g/mol. The van der Waals surface area contributed by atoms with Crippen LogP contribution in [-0.2, 0) is 17.9 Å². The summed E-state index contributed by atoms with van der Waals surface area (Å²) in [6.45, 7) is 4.98. The Morgan fingerprint density at radius 2 is 1.61 bits per heavy atom.